The van der Waals surface area contributed by atoms with Crippen LogP contribution in [0.3, 0.4) is 0 Å². The highest BCUT2D eigenvalue weighted by Crippen LogP contribution is 2.28. The third-order valence-corrected chi connectivity index (χ3v) is 2.82. The van der Waals surface area contributed by atoms with Gasteiger partial charge >= 0.3 is 0 Å². The van der Waals surface area contributed by atoms with Crippen molar-refractivity contribution < 1.29 is 4.74 Å². The summed E-state index contributed by atoms with van der Waals surface area (Å²) >= 11 is 3.42. The second-order valence-corrected chi connectivity index (χ2v) is 4.51. The summed E-state index contributed by atoms with van der Waals surface area (Å²) in [4.78, 5) is 8.24. The van der Waals surface area contributed by atoms with Crippen LogP contribution in [-0.4, -0.2) is 17.1 Å². The summed E-state index contributed by atoms with van der Waals surface area (Å²) in [5.74, 6) is 1.86. The molecule has 6 heteroatoms. The summed E-state index contributed by atoms with van der Waals surface area (Å²) in [7, 11) is 1.63. The first-order valence-electron chi connectivity index (χ1n) is 5.34. The minimum atomic E-state index is 0.461. The van der Waals surface area contributed by atoms with E-state index in [0.29, 0.717) is 18.2 Å². The summed E-state index contributed by atoms with van der Waals surface area (Å²) < 4.78 is 6.24. The van der Waals surface area contributed by atoms with Gasteiger partial charge in [-0.05, 0) is 24.3 Å². The van der Waals surface area contributed by atoms with E-state index in [-0.39, 0.29) is 0 Å². The van der Waals surface area contributed by atoms with Gasteiger partial charge in [-0.3, -0.25) is 0 Å². The molecule has 0 unspecified atom stereocenters. The van der Waals surface area contributed by atoms with E-state index in [2.05, 4.69) is 31.2 Å². The zero-order chi connectivity index (χ0) is 13.0. The highest BCUT2D eigenvalue weighted by molar-refractivity contribution is 9.10. The maximum Gasteiger partial charge on any atom is 0.149 e. The van der Waals surface area contributed by atoms with Crippen LogP contribution in [0.4, 0.5) is 11.5 Å². The summed E-state index contributed by atoms with van der Waals surface area (Å²) in [5.41, 5.74) is 6.47. The van der Waals surface area contributed by atoms with Crippen molar-refractivity contribution in [1.29, 1.82) is 0 Å². The molecule has 3 N–H and O–H groups in total. The Balaban J connectivity index is 2.12. The zero-order valence-corrected chi connectivity index (χ0v) is 11.4. The first-order chi connectivity index (χ1) is 8.69. The van der Waals surface area contributed by atoms with Crippen molar-refractivity contribution in [2.24, 2.45) is 0 Å². The molecule has 0 bridgehead atoms. The van der Waals surface area contributed by atoms with Crippen LogP contribution in [0.25, 0.3) is 0 Å². The van der Waals surface area contributed by atoms with Gasteiger partial charge in [0.2, 0.25) is 0 Å². The number of ether oxygens (including phenoxy) is 1. The third kappa shape index (κ3) is 3.10. The van der Waals surface area contributed by atoms with Crippen molar-refractivity contribution >= 4 is 27.4 Å². The Kier molecular flexibility index (Phi) is 3.99. The standard InChI is InChI=1S/C12H13BrN4O/c1-18-10-3-2-8(13)6-9(10)16-7-12-15-5-4-11(14)17-12/h2-6,16H,7H2,1H3,(H2,14,15,17). The van der Waals surface area contributed by atoms with Gasteiger partial charge in [0.15, 0.2) is 0 Å². The van der Waals surface area contributed by atoms with E-state index in [0.717, 1.165) is 15.9 Å². The number of halogens is 1. The molecule has 0 spiro atoms. The molecule has 94 valence electrons. The van der Waals surface area contributed by atoms with Crippen molar-refractivity contribution in [2.75, 3.05) is 18.2 Å². The predicted octanol–water partition coefficient (Wildman–Crippen LogP) is 2.44. The number of anilines is 2. The van der Waals surface area contributed by atoms with E-state index in [9.17, 15) is 0 Å². The smallest absolute Gasteiger partial charge is 0.149 e. The van der Waals surface area contributed by atoms with Gasteiger partial charge in [-0.25, -0.2) is 9.97 Å². The number of hydrogen-bond acceptors (Lipinski definition) is 5. The lowest BCUT2D eigenvalue weighted by Crippen LogP contribution is -2.06. The molecule has 0 aliphatic carbocycles. The van der Waals surface area contributed by atoms with E-state index < -0.39 is 0 Å². The lowest BCUT2D eigenvalue weighted by Gasteiger charge is -2.11. The molecule has 2 aromatic rings. The molecular weight excluding hydrogens is 296 g/mol. The molecule has 0 fully saturated rings. The Morgan fingerprint density at radius 3 is 2.94 bits per heavy atom. The van der Waals surface area contributed by atoms with E-state index in [1.165, 1.54) is 0 Å². The average molecular weight is 309 g/mol. The van der Waals surface area contributed by atoms with Crippen LogP contribution in [0.5, 0.6) is 5.75 Å². The number of nitrogens with two attached hydrogens (primary N) is 1. The van der Waals surface area contributed by atoms with Crippen molar-refractivity contribution in [1.82, 2.24) is 9.97 Å². The van der Waals surface area contributed by atoms with Crippen LogP contribution >= 0.6 is 15.9 Å². The van der Waals surface area contributed by atoms with Crippen LogP contribution < -0.4 is 15.8 Å². The number of nitrogen functional groups attached to an aromatic ring is 1. The SMILES string of the molecule is COc1ccc(Br)cc1NCc1nccc(N)n1. The lowest BCUT2D eigenvalue weighted by atomic mass is 10.3. The van der Waals surface area contributed by atoms with Crippen molar-refractivity contribution in [2.45, 2.75) is 6.54 Å². The Morgan fingerprint density at radius 2 is 2.22 bits per heavy atom. The molecule has 1 heterocycles. The summed E-state index contributed by atoms with van der Waals surface area (Å²) in [5, 5.41) is 3.21. The van der Waals surface area contributed by atoms with Crippen LogP contribution in [0.2, 0.25) is 0 Å². The first-order valence-corrected chi connectivity index (χ1v) is 6.13. The number of methoxy groups -OCH3 is 1. The number of rotatable bonds is 4. The van der Waals surface area contributed by atoms with Crippen LogP contribution in [0.1, 0.15) is 5.82 Å². The molecule has 1 aromatic carbocycles. The lowest BCUT2D eigenvalue weighted by molar-refractivity contribution is 0.416. The quantitative estimate of drug-likeness (QED) is 0.907. The second kappa shape index (κ2) is 5.68. The van der Waals surface area contributed by atoms with Crippen LogP contribution in [0, 0.1) is 0 Å². The summed E-state index contributed by atoms with van der Waals surface area (Å²) in [6, 6.07) is 7.39. The molecule has 0 aliphatic rings. The molecule has 0 atom stereocenters. The van der Waals surface area contributed by atoms with Crippen LogP contribution in [0.15, 0.2) is 34.9 Å². The maximum atomic E-state index is 5.60. The molecular formula is C12H13BrN4O. The second-order valence-electron chi connectivity index (χ2n) is 3.60. The van der Waals surface area contributed by atoms with Crippen LogP contribution in [-0.2, 0) is 6.54 Å². The van der Waals surface area contributed by atoms with Crippen molar-refractivity contribution in [3.63, 3.8) is 0 Å². The minimum absolute atomic E-state index is 0.461. The van der Waals surface area contributed by atoms with Gasteiger partial charge in [0.1, 0.15) is 17.4 Å². The van der Waals surface area contributed by atoms with Gasteiger partial charge in [0, 0.05) is 10.7 Å². The Hall–Kier alpha value is -1.82. The van der Waals surface area contributed by atoms with Gasteiger partial charge in [-0.1, -0.05) is 15.9 Å². The molecule has 18 heavy (non-hydrogen) atoms. The first kappa shape index (κ1) is 12.6. The predicted molar refractivity (Wildman–Crippen MR) is 74.5 cm³/mol. The van der Waals surface area contributed by atoms with Crippen molar-refractivity contribution in [3.8, 4) is 5.75 Å². The van der Waals surface area contributed by atoms with E-state index in [4.69, 9.17) is 10.5 Å². The normalized spacial score (nSPS) is 10.1. The highest BCUT2D eigenvalue weighted by Gasteiger charge is 2.04. The number of nitrogens with zero attached hydrogens (tertiary/aromatic N) is 2. The Morgan fingerprint density at radius 1 is 1.39 bits per heavy atom. The Bertz CT molecular complexity index is 547. The molecule has 0 amide bonds. The fraction of sp³-hybridized carbons (Fsp3) is 0.167. The van der Waals surface area contributed by atoms with Gasteiger partial charge in [0.05, 0.1) is 19.3 Å². The molecule has 5 nitrogen and oxygen atoms in total. The van der Waals surface area contributed by atoms with E-state index in [1.54, 1.807) is 19.4 Å². The highest BCUT2D eigenvalue weighted by atomic mass is 79.9. The summed E-state index contributed by atoms with van der Waals surface area (Å²) in [6.45, 7) is 0.484. The number of aromatic nitrogens is 2. The molecule has 1 aromatic heterocycles. The molecule has 0 radical (unpaired) electrons. The molecule has 0 saturated carbocycles. The number of benzene rings is 1. The van der Waals surface area contributed by atoms with E-state index in [1.807, 2.05) is 18.2 Å². The number of nitrogens with one attached hydrogen (secondary N) is 1. The Labute approximate surface area is 114 Å². The monoisotopic (exact) mass is 308 g/mol. The van der Waals surface area contributed by atoms with Gasteiger partial charge in [-0.2, -0.15) is 0 Å². The number of hydrogen-bond donors (Lipinski definition) is 2. The van der Waals surface area contributed by atoms with Gasteiger partial charge in [-0.15, -0.1) is 0 Å². The minimum Gasteiger partial charge on any atom is -0.495 e. The topological polar surface area (TPSA) is 73.1 Å². The molecule has 0 saturated heterocycles. The van der Waals surface area contributed by atoms with Crippen molar-refractivity contribution in [3.05, 3.63) is 40.8 Å². The van der Waals surface area contributed by atoms with E-state index >= 15 is 0 Å². The van der Waals surface area contributed by atoms with Gasteiger partial charge < -0.3 is 15.8 Å². The summed E-state index contributed by atoms with van der Waals surface area (Å²) in [6.07, 6.45) is 1.64. The van der Waals surface area contributed by atoms with Gasteiger partial charge in [0.25, 0.3) is 0 Å². The zero-order valence-electron chi connectivity index (χ0n) is 9.85. The molecule has 0 aliphatic heterocycles. The largest absolute Gasteiger partial charge is 0.495 e. The maximum absolute atomic E-state index is 5.60. The fourth-order valence-electron chi connectivity index (χ4n) is 1.49. The molecule has 2 rings (SSSR count). The fourth-order valence-corrected chi connectivity index (χ4v) is 1.85. The third-order valence-electron chi connectivity index (χ3n) is 2.33. The average Bonchev–Trinajstić information content (AvgIpc) is 2.37.